The van der Waals surface area contributed by atoms with Gasteiger partial charge in [0.05, 0.1) is 5.60 Å². The van der Waals surface area contributed by atoms with Crippen molar-refractivity contribution in [2.45, 2.75) is 38.2 Å². The summed E-state index contributed by atoms with van der Waals surface area (Å²) in [7, 11) is 0. The molecule has 0 amide bonds. The number of rotatable bonds is 2. The van der Waals surface area contributed by atoms with Crippen molar-refractivity contribution in [2.75, 3.05) is 6.54 Å². The van der Waals surface area contributed by atoms with Gasteiger partial charge in [-0.15, -0.1) is 0 Å². The number of hydrogen-bond donors (Lipinski definition) is 1. The van der Waals surface area contributed by atoms with Gasteiger partial charge in [-0.25, -0.2) is 0 Å². The fourth-order valence-electron chi connectivity index (χ4n) is 1.69. The van der Waals surface area contributed by atoms with Gasteiger partial charge in [0.2, 0.25) is 6.54 Å². The van der Waals surface area contributed by atoms with Crippen LogP contribution in [0.3, 0.4) is 0 Å². The van der Waals surface area contributed by atoms with Crippen LogP contribution in [0.4, 0.5) is 0 Å². The standard InChI is InChI=1S/C8H15NO3/c1-8(10)4-2-7(3-5-8)6-9(11)12/h7,10H,2-6H2,1H3. The van der Waals surface area contributed by atoms with Crippen molar-refractivity contribution in [1.29, 1.82) is 0 Å². The second kappa shape index (κ2) is 3.39. The Morgan fingerprint density at radius 3 is 2.50 bits per heavy atom. The zero-order chi connectivity index (χ0) is 9.19. The van der Waals surface area contributed by atoms with Crippen molar-refractivity contribution in [1.82, 2.24) is 0 Å². The Balaban J connectivity index is 2.31. The molecule has 1 aliphatic rings. The highest BCUT2D eigenvalue weighted by molar-refractivity contribution is 4.80. The van der Waals surface area contributed by atoms with Gasteiger partial charge in [0.25, 0.3) is 0 Å². The summed E-state index contributed by atoms with van der Waals surface area (Å²) >= 11 is 0. The van der Waals surface area contributed by atoms with Crippen molar-refractivity contribution in [3.05, 3.63) is 10.1 Å². The quantitative estimate of drug-likeness (QED) is 0.504. The fraction of sp³-hybridized carbons (Fsp3) is 1.00. The molecule has 4 heteroatoms. The average molecular weight is 173 g/mol. The van der Waals surface area contributed by atoms with Crippen molar-refractivity contribution in [3.63, 3.8) is 0 Å². The first kappa shape index (κ1) is 9.45. The molecule has 1 saturated carbocycles. The highest BCUT2D eigenvalue weighted by Gasteiger charge is 2.30. The summed E-state index contributed by atoms with van der Waals surface area (Å²) in [5, 5.41) is 19.7. The molecule has 0 bridgehead atoms. The second-order valence-electron chi connectivity index (χ2n) is 3.96. The number of nitrogens with zero attached hydrogens (tertiary/aromatic N) is 1. The van der Waals surface area contributed by atoms with Gasteiger partial charge in [0.15, 0.2) is 0 Å². The molecule has 4 nitrogen and oxygen atoms in total. The Morgan fingerprint density at radius 2 is 2.08 bits per heavy atom. The minimum atomic E-state index is -0.576. The highest BCUT2D eigenvalue weighted by Crippen LogP contribution is 2.31. The van der Waals surface area contributed by atoms with Crippen LogP contribution in [0, 0.1) is 16.0 Å². The average Bonchev–Trinajstić information content (AvgIpc) is 1.93. The molecule has 0 radical (unpaired) electrons. The monoisotopic (exact) mass is 173 g/mol. The summed E-state index contributed by atoms with van der Waals surface area (Å²) in [5.74, 6) is 0.181. The molecule has 1 aliphatic carbocycles. The molecular weight excluding hydrogens is 158 g/mol. The molecule has 0 spiro atoms. The summed E-state index contributed by atoms with van der Waals surface area (Å²) in [4.78, 5) is 9.91. The van der Waals surface area contributed by atoms with Gasteiger partial charge in [0, 0.05) is 10.8 Å². The molecule has 70 valence electrons. The van der Waals surface area contributed by atoms with Crippen LogP contribution < -0.4 is 0 Å². The third-order valence-electron chi connectivity index (χ3n) is 2.59. The van der Waals surface area contributed by atoms with Crippen molar-refractivity contribution in [2.24, 2.45) is 5.92 Å². The van der Waals surface area contributed by atoms with E-state index < -0.39 is 5.60 Å². The van der Waals surface area contributed by atoms with Crippen molar-refractivity contribution in [3.8, 4) is 0 Å². The summed E-state index contributed by atoms with van der Waals surface area (Å²) < 4.78 is 0. The number of nitro groups is 1. The van der Waals surface area contributed by atoms with Gasteiger partial charge < -0.3 is 5.11 Å². The van der Waals surface area contributed by atoms with Gasteiger partial charge in [-0.1, -0.05) is 0 Å². The first-order valence-corrected chi connectivity index (χ1v) is 4.34. The van der Waals surface area contributed by atoms with E-state index in [1.807, 2.05) is 0 Å². The van der Waals surface area contributed by atoms with Crippen LogP contribution in [0.5, 0.6) is 0 Å². The molecule has 0 aromatic heterocycles. The van der Waals surface area contributed by atoms with Crippen molar-refractivity contribution >= 4 is 0 Å². The maximum atomic E-state index is 10.2. The minimum absolute atomic E-state index is 0.0656. The number of hydrogen-bond acceptors (Lipinski definition) is 3. The Bertz CT molecular complexity index is 169. The smallest absolute Gasteiger partial charge is 0.206 e. The molecule has 12 heavy (non-hydrogen) atoms. The van der Waals surface area contributed by atoms with E-state index in [9.17, 15) is 15.2 Å². The van der Waals surface area contributed by atoms with E-state index in [0.717, 1.165) is 12.8 Å². The molecule has 1 N–H and O–H groups in total. The maximum Gasteiger partial charge on any atom is 0.206 e. The Labute approximate surface area is 71.7 Å². The lowest BCUT2D eigenvalue weighted by Gasteiger charge is -2.31. The lowest BCUT2D eigenvalue weighted by molar-refractivity contribution is -0.489. The molecule has 1 rings (SSSR count). The number of aliphatic hydroxyl groups is 1. The van der Waals surface area contributed by atoms with Gasteiger partial charge in [-0.05, 0) is 32.6 Å². The van der Waals surface area contributed by atoms with Crippen molar-refractivity contribution < 1.29 is 10.0 Å². The van der Waals surface area contributed by atoms with Crippen LogP contribution in [0.15, 0.2) is 0 Å². The van der Waals surface area contributed by atoms with Crippen LogP contribution in [0.25, 0.3) is 0 Å². The lowest BCUT2D eigenvalue weighted by Crippen LogP contribution is -2.32. The highest BCUT2D eigenvalue weighted by atomic mass is 16.6. The predicted octanol–water partition coefficient (Wildman–Crippen LogP) is 1.20. The Morgan fingerprint density at radius 1 is 1.58 bits per heavy atom. The molecule has 0 atom stereocenters. The van der Waals surface area contributed by atoms with Gasteiger partial charge >= 0.3 is 0 Å². The SMILES string of the molecule is CC1(O)CCC(C[N+](=O)[O-])CC1. The molecule has 0 aromatic carbocycles. The molecule has 0 aliphatic heterocycles. The van der Waals surface area contributed by atoms with Crippen LogP contribution in [-0.2, 0) is 0 Å². The fourth-order valence-corrected chi connectivity index (χ4v) is 1.69. The van der Waals surface area contributed by atoms with Gasteiger partial charge in [-0.2, -0.15) is 0 Å². The van der Waals surface area contributed by atoms with E-state index in [1.54, 1.807) is 6.92 Å². The third-order valence-corrected chi connectivity index (χ3v) is 2.59. The lowest BCUT2D eigenvalue weighted by atomic mass is 9.80. The zero-order valence-corrected chi connectivity index (χ0v) is 7.32. The van der Waals surface area contributed by atoms with Crippen LogP contribution in [0.1, 0.15) is 32.6 Å². The Kier molecular flexibility index (Phi) is 2.67. The molecule has 1 fully saturated rings. The van der Waals surface area contributed by atoms with Crippen LogP contribution >= 0.6 is 0 Å². The van der Waals surface area contributed by atoms with Crippen LogP contribution in [-0.4, -0.2) is 22.2 Å². The van der Waals surface area contributed by atoms with Gasteiger partial charge in [0.1, 0.15) is 0 Å². The second-order valence-corrected chi connectivity index (χ2v) is 3.96. The summed E-state index contributed by atoms with van der Waals surface area (Å²) in [6, 6.07) is 0. The molecule has 0 unspecified atom stereocenters. The topological polar surface area (TPSA) is 63.4 Å². The summed E-state index contributed by atoms with van der Waals surface area (Å²) in [5.41, 5.74) is -0.576. The van der Waals surface area contributed by atoms with E-state index >= 15 is 0 Å². The first-order valence-electron chi connectivity index (χ1n) is 4.34. The van der Waals surface area contributed by atoms with E-state index in [2.05, 4.69) is 0 Å². The van der Waals surface area contributed by atoms with E-state index in [1.165, 1.54) is 0 Å². The van der Waals surface area contributed by atoms with E-state index in [-0.39, 0.29) is 17.4 Å². The minimum Gasteiger partial charge on any atom is -0.390 e. The summed E-state index contributed by atoms with van der Waals surface area (Å²) in [6.45, 7) is 1.87. The van der Waals surface area contributed by atoms with Crippen LogP contribution in [0.2, 0.25) is 0 Å². The Hall–Kier alpha value is -0.640. The molecule has 0 saturated heterocycles. The normalized spacial score (nSPS) is 36.3. The van der Waals surface area contributed by atoms with E-state index in [4.69, 9.17) is 0 Å². The third kappa shape index (κ3) is 2.77. The summed E-state index contributed by atoms with van der Waals surface area (Å²) in [6.07, 6.45) is 2.97. The predicted molar refractivity (Wildman–Crippen MR) is 44.4 cm³/mol. The zero-order valence-electron chi connectivity index (χ0n) is 7.32. The first-order chi connectivity index (χ1) is 5.49. The maximum absolute atomic E-state index is 10.2. The molecule has 0 aromatic rings. The molecular formula is C8H15NO3. The largest absolute Gasteiger partial charge is 0.390 e. The molecule has 0 heterocycles. The van der Waals surface area contributed by atoms with E-state index in [0.29, 0.717) is 12.8 Å². The van der Waals surface area contributed by atoms with Gasteiger partial charge in [-0.3, -0.25) is 10.1 Å².